The zero-order chi connectivity index (χ0) is 15.8. The molecule has 2 heterocycles. The maximum absolute atomic E-state index is 12.3. The van der Waals surface area contributed by atoms with Crippen LogP contribution in [-0.2, 0) is 7.05 Å². The summed E-state index contributed by atoms with van der Waals surface area (Å²) in [5.41, 5.74) is 0.0351. The van der Waals surface area contributed by atoms with E-state index in [2.05, 4.69) is 10.4 Å². The van der Waals surface area contributed by atoms with Crippen LogP contribution in [0.25, 0.3) is 10.2 Å². The zero-order valence-corrected chi connectivity index (χ0v) is 14.0. The van der Waals surface area contributed by atoms with E-state index in [1.54, 1.807) is 11.6 Å². The Bertz CT molecular complexity index is 623. The summed E-state index contributed by atoms with van der Waals surface area (Å²) in [6.45, 7) is 7.97. The molecule has 2 unspecified atom stereocenters. The highest BCUT2D eigenvalue weighted by atomic mass is 32.1. The molecule has 21 heavy (non-hydrogen) atoms. The van der Waals surface area contributed by atoms with Gasteiger partial charge in [0.1, 0.15) is 4.83 Å². The summed E-state index contributed by atoms with van der Waals surface area (Å²) in [5.74, 6) is -0.00849. The monoisotopic (exact) mass is 309 g/mol. The fourth-order valence-electron chi connectivity index (χ4n) is 2.28. The van der Waals surface area contributed by atoms with Gasteiger partial charge in [-0.25, -0.2) is 0 Å². The van der Waals surface area contributed by atoms with Gasteiger partial charge in [-0.1, -0.05) is 20.3 Å². The van der Waals surface area contributed by atoms with E-state index in [9.17, 15) is 9.90 Å². The first kappa shape index (κ1) is 16.0. The van der Waals surface area contributed by atoms with E-state index < -0.39 is 5.60 Å². The molecule has 2 atom stereocenters. The van der Waals surface area contributed by atoms with Crippen LogP contribution in [-0.4, -0.2) is 32.9 Å². The van der Waals surface area contributed by atoms with Crippen molar-refractivity contribution in [3.63, 3.8) is 0 Å². The number of rotatable bonds is 5. The first-order chi connectivity index (χ1) is 9.76. The number of hydrogen-bond acceptors (Lipinski definition) is 4. The Labute approximate surface area is 129 Å². The van der Waals surface area contributed by atoms with Crippen molar-refractivity contribution in [2.24, 2.45) is 13.0 Å². The Hall–Kier alpha value is -1.40. The minimum atomic E-state index is -0.890. The summed E-state index contributed by atoms with van der Waals surface area (Å²) >= 11 is 1.42. The molecule has 0 aliphatic heterocycles. The molecule has 2 aromatic heterocycles. The Kier molecular flexibility index (Phi) is 4.39. The largest absolute Gasteiger partial charge is 0.388 e. The highest BCUT2D eigenvalue weighted by Gasteiger charge is 2.28. The molecule has 2 rings (SSSR count). The summed E-state index contributed by atoms with van der Waals surface area (Å²) in [4.78, 5) is 13.9. The Morgan fingerprint density at radius 1 is 1.62 bits per heavy atom. The number of nitrogens with zero attached hydrogens (tertiary/aromatic N) is 2. The minimum Gasteiger partial charge on any atom is -0.388 e. The van der Waals surface area contributed by atoms with E-state index in [4.69, 9.17) is 0 Å². The van der Waals surface area contributed by atoms with E-state index in [0.29, 0.717) is 4.88 Å². The smallest absolute Gasteiger partial charge is 0.261 e. The molecule has 0 radical (unpaired) electrons. The molecule has 0 bridgehead atoms. The van der Waals surface area contributed by atoms with Gasteiger partial charge in [-0.05, 0) is 25.8 Å². The number of aliphatic hydroxyl groups is 1. The van der Waals surface area contributed by atoms with Gasteiger partial charge in [-0.3, -0.25) is 9.48 Å². The number of thiophene rings is 1. The van der Waals surface area contributed by atoms with Crippen molar-refractivity contribution < 1.29 is 9.90 Å². The topological polar surface area (TPSA) is 67.2 Å². The molecule has 0 saturated carbocycles. The van der Waals surface area contributed by atoms with Crippen LogP contribution in [0.1, 0.15) is 42.6 Å². The summed E-state index contributed by atoms with van der Waals surface area (Å²) in [6, 6.07) is 1.87. The van der Waals surface area contributed by atoms with Crippen LogP contribution in [0.15, 0.2) is 6.07 Å². The second kappa shape index (κ2) is 5.77. The van der Waals surface area contributed by atoms with Crippen LogP contribution >= 0.6 is 11.3 Å². The summed E-state index contributed by atoms with van der Waals surface area (Å²) < 4.78 is 1.79. The molecule has 116 valence electrons. The maximum atomic E-state index is 12.3. The molecule has 0 saturated heterocycles. The third kappa shape index (κ3) is 3.11. The van der Waals surface area contributed by atoms with Gasteiger partial charge in [-0.15, -0.1) is 11.3 Å². The fraction of sp³-hybridized carbons (Fsp3) is 0.600. The van der Waals surface area contributed by atoms with Crippen LogP contribution < -0.4 is 5.32 Å². The molecule has 2 N–H and O–H groups in total. The summed E-state index contributed by atoms with van der Waals surface area (Å²) in [7, 11) is 1.88. The molecule has 1 amide bonds. The van der Waals surface area contributed by atoms with E-state index in [1.807, 2.05) is 33.9 Å². The van der Waals surface area contributed by atoms with Gasteiger partial charge >= 0.3 is 0 Å². The molecule has 0 fully saturated rings. The minimum absolute atomic E-state index is 0.131. The van der Waals surface area contributed by atoms with Crippen LogP contribution in [0.4, 0.5) is 0 Å². The standard InChI is InChI=1S/C15H23N3O2S/c1-6-9(2)15(4,20)8-16-13(19)12-7-11-10(3)17-18(5)14(11)21-12/h7,9,20H,6,8H2,1-5H3,(H,16,19). The predicted molar refractivity (Wildman–Crippen MR) is 85.7 cm³/mol. The van der Waals surface area contributed by atoms with Crippen LogP contribution in [0, 0.1) is 12.8 Å². The fourth-order valence-corrected chi connectivity index (χ4v) is 3.32. The van der Waals surface area contributed by atoms with E-state index in [1.165, 1.54) is 11.3 Å². The lowest BCUT2D eigenvalue weighted by molar-refractivity contribution is 0.00597. The van der Waals surface area contributed by atoms with Gasteiger partial charge in [0.15, 0.2) is 0 Å². The molecule has 0 aliphatic carbocycles. The third-order valence-electron chi connectivity index (χ3n) is 4.20. The first-order valence-corrected chi connectivity index (χ1v) is 8.01. The highest BCUT2D eigenvalue weighted by Crippen LogP contribution is 2.27. The van der Waals surface area contributed by atoms with Crippen molar-refractivity contribution in [1.29, 1.82) is 0 Å². The summed E-state index contributed by atoms with van der Waals surface area (Å²) in [6.07, 6.45) is 0.872. The lowest BCUT2D eigenvalue weighted by atomic mass is 9.88. The van der Waals surface area contributed by atoms with Gasteiger partial charge in [0.05, 0.1) is 16.2 Å². The van der Waals surface area contributed by atoms with Gasteiger partial charge < -0.3 is 10.4 Å². The van der Waals surface area contributed by atoms with Crippen molar-refractivity contribution in [3.8, 4) is 0 Å². The molecule has 6 heteroatoms. The van der Waals surface area contributed by atoms with Gasteiger partial charge in [-0.2, -0.15) is 5.10 Å². The van der Waals surface area contributed by atoms with Crippen LogP contribution in [0.2, 0.25) is 0 Å². The van der Waals surface area contributed by atoms with Crippen LogP contribution in [0.5, 0.6) is 0 Å². The Morgan fingerprint density at radius 3 is 2.86 bits per heavy atom. The third-order valence-corrected chi connectivity index (χ3v) is 5.40. The molecular weight excluding hydrogens is 286 g/mol. The molecule has 0 aromatic carbocycles. The highest BCUT2D eigenvalue weighted by molar-refractivity contribution is 7.20. The predicted octanol–water partition coefficient (Wildman–Crippen LogP) is 2.47. The molecule has 5 nitrogen and oxygen atoms in total. The van der Waals surface area contributed by atoms with Gasteiger partial charge in [0.2, 0.25) is 0 Å². The number of aryl methyl sites for hydroxylation is 2. The lowest BCUT2D eigenvalue weighted by Crippen LogP contribution is -2.44. The van der Waals surface area contributed by atoms with E-state index >= 15 is 0 Å². The van der Waals surface area contributed by atoms with Crippen LogP contribution in [0.3, 0.4) is 0 Å². The van der Waals surface area contributed by atoms with Crippen molar-refractivity contribution in [3.05, 3.63) is 16.6 Å². The van der Waals surface area contributed by atoms with Gasteiger partial charge in [0.25, 0.3) is 5.91 Å². The number of carbonyl (C=O) groups excluding carboxylic acids is 1. The molecule has 0 spiro atoms. The lowest BCUT2D eigenvalue weighted by Gasteiger charge is -2.29. The Balaban J connectivity index is 2.11. The van der Waals surface area contributed by atoms with E-state index in [0.717, 1.165) is 22.3 Å². The molecular formula is C15H23N3O2S. The SMILES string of the molecule is CCC(C)C(C)(O)CNC(=O)c1cc2c(C)nn(C)c2s1. The molecule has 0 aliphatic rings. The quantitative estimate of drug-likeness (QED) is 0.891. The van der Waals surface area contributed by atoms with Crippen molar-refractivity contribution in [2.45, 2.75) is 39.7 Å². The second-order valence-corrected chi connectivity index (χ2v) is 6.92. The van der Waals surface area contributed by atoms with Gasteiger partial charge in [0, 0.05) is 19.0 Å². The average molecular weight is 309 g/mol. The average Bonchev–Trinajstić information content (AvgIpc) is 2.98. The number of fused-ring (bicyclic) bond motifs is 1. The van der Waals surface area contributed by atoms with Crippen molar-refractivity contribution in [1.82, 2.24) is 15.1 Å². The van der Waals surface area contributed by atoms with Crippen molar-refractivity contribution in [2.75, 3.05) is 6.54 Å². The zero-order valence-electron chi connectivity index (χ0n) is 13.2. The van der Waals surface area contributed by atoms with E-state index in [-0.39, 0.29) is 18.4 Å². The number of hydrogen-bond donors (Lipinski definition) is 2. The summed E-state index contributed by atoms with van der Waals surface area (Å²) in [5, 5.41) is 18.5. The van der Waals surface area contributed by atoms with Crippen molar-refractivity contribution >= 4 is 27.5 Å². The molecule has 2 aromatic rings. The number of carbonyl (C=O) groups is 1. The Morgan fingerprint density at radius 2 is 2.29 bits per heavy atom. The first-order valence-electron chi connectivity index (χ1n) is 7.20. The normalized spacial score (nSPS) is 15.9. The number of aromatic nitrogens is 2. The number of amides is 1. The second-order valence-electron chi connectivity index (χ2n) is 5.89. The number of nitrogens with one attached hydrogen (secondary N) is 1. The maximum Gasteiger partial charge on any atom is 0.261 e.